The lowest BCUT2D eigenvalue weighted by molar-refractivity contribution is -0.123. The third kappa shape index (κ3) is 5.52. The predicted octanol–water partition coefficient (Wildman–Crippen LogP) is 3.10. The summed E-state index contributed by atoms with van der Waals surface area (Å²) >= 11 is 0. The lowest BCUT2D eigenvalue weighted by Crippen LogP contribution is -2.49. The minimum absolute atomic E-state index is 0.0973. The van der Waals surface area contributed by atoms with E-state index in [-0.39, 0.29) is 17.4 Å². The first kappa shape index (κ1) is 16.5. The summed E-state index contributed by atoms with van der Waals surface area (Å²) in [7, 11) is 0. The van der Waals surface area contributed by atoms with Gasteiger partial charge in [-0.15, -0.1) is 0 Å². The number of amides is 1. The zero-order valence-electron chi connectivity index (χ0n) is 13.4. The second kappa shape index (κ2) is 7.28. The summed E-state index contributed by atoms with van der Waals surface area (Å²) in [5.74, 6) is 0.764. The summed E-state index contributed by atoms with van der Waals surface area (Å²) in [6.07, 6.45) is 6.13. The minimum atomic E-state index is -0.0973. The normalized spacial score (nSPS) is 19.5. The van der Waals surface area contributed by atoms with Crippen LogP contribution in [0.3, 0.4) is 0 Å². The zero-order chi connectivity index (χ0) is 14.5. The maximum atomic E-state index is 12.1. The van der Waals surface area contributed by atoms with Gasteiger partial charge in [-0.1, -0.05) is 47.0 Å². The van der Waals surface area contributed by atoms with Gasteiger partial charge >= 0.3 is 0 Å². The maximum Gasteiger partial charge on any atom is 0.237 e. The Kier molecular flexibility index (Phi) is 6.31. The first-order chi connectivity index (χ1) is 8.83. The molecule has 0 aromatic rings. The molecule has 0 radical (unpaired) electrons. The highest BCUT2D eigenvalue weighted by Crippen LogP contribution is 2.24. The molecule has 1 fully saturated rings. The first-order valence-corrected chi connectivity index (χ1v) is 7.86. The van der Waals surface area contributed by atoms with Crippen molar-refractivity contribution in [2.45, 2.75) is 78.8 Å². The number of hydrogen-bond donors (Lipinski definition) is 2. The molecule has 1 rings (SSSR count). The molecule has 3 heteroatoms. The Balaban J connectivity index is 2.32. The van der Waals surface area contributed by atoms with E-state index in [1.54, 1.807) is 0 Å². The average molecular weight is 268 g/mol. The van der Waals surface area contributed by atoms with Gasteiger partial charge in [0.05, 0.1) is 6.04 Å². The first-order valence-electron chi connectivity index (χ1n) is 7.86. The van der Waals surface area contributed by atoms with E-state index in [0.717, 1.165) is 19.4 Å². The Morgan fingerprint density at radius 3 is 2.26 bits per heavy atom. The summed E-state index contributed by atoms with van der Waals surface area (Å²) in [5, 5.41) is 6.56. The molecule has 0 saturated heterocycles. The van der Waals surface area contributed by atoms with E-state index in [1.807, 2.05) is 6.92 Å². The Hall–Kier alpha value is -0.570. The lowest BCUT2D eigenvalue weighted by atomic mass is 9.81. The van der Waals surface area contributed by atoms with Crippen LogP contribution in [-0.4, -0.2) is 24.5 Å². The van der Waals surface area contributed by atoms with Crippen LogP contribution in [0.15, 0.2) is 0 Å². The van der Waals surface area contributed by atoms with E-state index in [0.29, 0.717) is 12.0 Å². The lowest BCUT2D eigenvalue weighted by Gasteiger charge is -2.31. The summed E-state index contributed by atoms with van der Waals surface area (Å²) in [4.78, 5) is 12.1. The monoisotopic (exact) mass is 268 g/mol. The second-order valence-corrected chi connectivity index (χ2v) is 7.09. The quantitative estimate of drug-likeness (QED) is 0.777. The van der Waals surface area contributed by atoms with Gasteiger partial charge < -0.3 is 10.6 Å². The number of nitrogens with one attached hydrogen (secondary N) is 2. The third-order valence-corrected chi connectivity index (χ3v) is 4.77. The minimum Gasteiger partial charge on any atom is -0.352 e. The van der Waals surface area contributed by atoms with Gasteiger partial charge in [-0.25, -0.2) is 0 Å². The van der Waals surface area contributed by atoms with Crippen molar-refractivity contribution >= 4 is 5.91 Å². The summed E-state index contributed by atoms with van der Waals surface area (Å²) < 4.78 is 0. The van der Waals surface area contributed by atoms with Gasteiger partial charge in [-0.3, -0.25) is 4.79 Å². The molecule has 19 heavy (non-hydrogen) atoms. The molecular formula is C16H32N2O. The van der Waals surface area contributed by atoms with Crippen molar-refractivity contribution in [2.24, 2.45) is 11.3 Å². The van der Waals surface area contributed by atoms with Gasteiger partial charge in [-0.2, -0.15) is 0 Å². The molecule has 0 aromatic carbocycles. The summed E-state index contributed by atoms with van der Waals surface area (Å²) in [5.41, 5.74) is 0.222. The molecule has 112 valence electrons. The molecule has 3 nitrogen and oxygen atoms in total. The molecule has 2 N–H and O–H groups in total. The molecule has 1 amide bonds. The van der Waals surface area contributed by atoms with E-state index < -0.39 is 0 Å². The van der Waals surface area contributed by atoms with Crippen LogP contribution < -0.4 is 10.6 Å². The van der Waals surface area contributed by atoms with Crippen LogP contribution >= 0.6 is 0 Å². The standard InChI is InChI=1S/C16H32N2O/c1-12(2)16(4,5)11-17-13(3)15(19)18-14-9-7-6-8-10-14/h12-14,17H,6-11H2,1-5H3,(H,18,19). The Morgan fingerprint density at radius 2 is 1.74 bits per heavy atom. The molecule has 0 spiro atoms. The van der Waals surface area contributed by atoms with Crippen molar-refractivity contribution in [3.63, 3.8) is 0 Å². The van der Waals surface area contributed by atoms with Crippen LogP contribution in [0, 0.1) is 11.3 Å². The van der Waals surface area contributed by atoms with E-state index in [1.165, 1.54) is 19.3 Å². The highest BCUT2D eigenvalue weighted by atomic mass is 16.2. The molecular weight excluding hydrogens is 236 g/mol. The second-order valence-electron chi connectivity index (χ2n) is 7.09. The fraction of sp³-hybridized carbons (Fsp3) is 0.938. The Bertz CT molecular complexity index is 280. The van der Waals surface area contributed by atoms with E-state index >= 15 is 0 Å². The molecule has 0 aliphatic heterocycles. The molecule has 0 bridgehead atoms. The van der Waals surface area contributed by atoms with E-state index in [2.05, 4.69) is 38.3 Å². The van der Waals surface area contributed by atoms with Gasteiger partial charge in [-0.05, 0) is 31.1 Å². The maximum absolute atomic E-state index is 12.1. The molecule has 1 aliphatic rings. The van der Waals surface area contributed by atoms with Gasteiger partial charge in [0.1, 0.15) is 0 Å². The third-order valence-electron chi connectivity index (χ3n) is 4.77. The van der Waals surface area contributed by atoms with Crippen LogP contribution in [0.5, 0.6) is 0 Å². The molecule has 0 aromatic heterocycles. The number of hydrogen-bond acceptors (Lipinski definition) is 2. The zero-order valence-corrected chi connectivity index (χ0v) is 13.4. The fourth-order valence-corrected chi connectivity index (χ4v) is 2.29. The van der Waals surface area contributed by atoms with Crippen LogP contribution in [-0.2, 0) is 4.79 Å². The highest BCUT2D eigenvalue weighted by molar-refractivity contribution is 5.81. The molecule has 1 unspecified atom stereocenters. The number of carbonyl (C=O) groups is 1. The molecule has 0 heterocycles. The smallest absolute Gasteiger partial charge is 0.237 e. The highest BCUT2D eigenvalue weighted by Gasteiger charge is 2.25. The van der Waals surface area contributed by atoms with Crippen molar-refractivity contribution < 1.29 is 4.79 Å². The van der Waals surface area contributed by atoms with Crippen molar-refractivity contribution in [2.75, 3.05) is 6.54 Å². The van der Waals surface area contributed by atoms with Crippen LogP contribution in [0.1, 0.15) is 66.7 Å². The summed E-state index contributed by atoms with van der Waals surface area (Å²) in [6.45, 7) is 11.8. The van der Waals surface area contributed by atoms with Gasteiger partial charge in [0, 0.05) is 12.6 Å². The van der Waals surface area contributed by atoms with Crippen LogP contribution in [0.4, 0.5) is 0 Å². The Labute approximate surface area is 118 Å². The Morgan fingerprint density at radius 1 is 1.16 bits per heavy atom. The SMILES string of the molecule is CC(NCC(C)(C)C(C)C)C(=O)NC1CCCCC1. The van der Waals surface area contributed by atoms with Crippen molar-refractivity contribution in [1.29, 1.82) is 0 Å². The van der Waals surface area contributed by atoms with Gasteiger partial charge in [0.15, 0.2) is 0 Å². The van der Waals surface area contributed by atoms with E-state index in [4.69, 9.17) is 0 Å². The van der Waals surface area contributed by atoms with Gasteiger partial charge in [0.25, 0.3) is 0 Å². The van der Waals surface area contributed by atoms with Gasteiger partial charge in [0.2, 0.25) is 5.91 Å². The largest absolute Gasteiger partial charge is 0.352 e. The number of carbonyl (C=O) groups excluding carboxylic acids is 1. The van der Waals surface area contributed by atoms with Crippen LogP contribution in [0.2, 0.25) is 0 Å². The van der Waals surface area contributed by atoms with E-state index in [9.17, 15) is 4.79 Å². The van der Waals surface area contributed by atoms with Crippen molar-refractivity contribution in [3.05, 3.63) is 0 Å². The molecule has 1 saturated carbocycles. The molecule has 1 atom stereocenters. The summed E-state index contributed by atoms with van der Waals surface area (Å²) in [6, 6.07) is 0.309. The topological polar surface area (TPSA) is 41.1 Å². The van der Waals surface area contributed by atoms with Crippen LogP contribution in [0.25, 0.3) is 0 Å². The van der Waals surface area contributed by atoms with Crippen molar-refractivity contribution in [3.8, 4) is 0 Å². The fourth-order valence-electron chi connectivity index (χ4n) is 2.29. The van der Waals surface area contributed by atoms with Crippen molar-refractivity contribution in [1.82, 2.24) is 10.6 Å². The average Bonchev–Trinajstić information content (AvgIpc) is 2.37. The number of rotatable bonds is 6. The molecule has 1 aliphatic carbocycles. The predicted molar refractivity (Wildman–Crippen MR) is 81.1 cm³/mol.